The number of methoxy groups -OCH3 is 1. The van der Waals surface area contributed by atoms with Crippen molar-refractivity contribution in [2.75, 3.05) is 26.1 Å². The molecule has 0 bridgehead atoms. The molecule has 0 spiro atoms. The van der Waals surface area contributed by atoms with Gasteiger partial charge in [0.2, 0.25) is 0 Å². The number of rotatable bonds is 3. The molecule has 2 rings (SSSR count). The molecule has 100 valence electrons. The van der Waals surface area contributed by atoms with Crippen LogP contribution in [0.15, 0.2) is 41.3 Å². The number of hydrogen-bond acceptors (Lipinski definition) is 3. The molecule has 1 aromatic carbocycles. The molecule has 0 aliphatic carbocycles. The number of aryl methyl sites for hydroxylation is 1. The summed E-state index contributed by atoms with van der Waals surface area (Å²) in [6, 6.07) is 9.65. The number of pyridine rings is 1. The molecule has 2 aromatic rings. The van der Waals surface area contributed by atoms with Gasteiger partial charge in [-0.15, -0.1) is 0 Å². The maximum Gasteiger partial charge on any atom is 0.260 e. The van der Waals surface area contributed by atoms with Crippen molar-refractivity contribution >= 4 is 5.69 Å². The van der Waals surface area contributed by atoms with Crippen molar-refractivity contribution in [1.82, 2.24) is 4.57 Å². The lowest BCUT2D eigenvalue weighted by Crippen LogP contribution is -2.23. The summed E-state index contributed by atoms with van der Waals surface area (Å²) in [5.74, 6) is 0.686. The van der Waals surface area contributed by atoms with Gasteiger partial charge in [-0.05, 0) is 5.56 Å². The lowest BCUT2D eigenvalue weighted by molar-refractivity contribution is 0.410. The van der Waals surface area contributed by atoms with E-state index in [0.29, 0.717) is 11.3 Å². The number of nitrogens with zero attached hydrogens (tertiary/aromatic N) is 2. The summed E-state index contributed by atoms with van der Waals surface area (Å²) in [7, 11) is 7.16. The van der Waals surface area contributed by atoms with Crippen molar-refractivity contribution < 1.29 is 4.74 Å². The molecule has 0 fully saturated rings. The summed E-state index contributed by atoms with van der Waals surface area (Å²) >= 11 is 0. The molecule has 0 aliphatic rings. The van der Waals surface area contributed by atoms with Crippen LogP contribution >= 0.6 is 0 Å². The summed E-state index contributed by atoms with van der Waals surface area (Å²) in [5, 5.41) is 0. The summed E-state index contributed by atoms with van der Waals surface area (Å²) in [5.41, 5.74) is 2.32. The Balaban J connectivity index is 2.84. The van der Waals surface area contributed by atoms with Crippen molar-refractivity contribution in [3.05, 3.63) is 46.9 Å². The highest BCUT2D eigenvalue weighted by molar-refractivity contribution is 5.81. The van der Waals surface area contributed by atoms with Crippen LogP contribution < -0.4 is 15.2 Å². The van der Waals surface area contributed by atoms with E-state index in [2.05, 4.69) is 0 Å². The van der Waals surface area contributed by atoms with Crippen LogP contribution in [-0.2, 0) is 7.05 Å². The van der Waals surface area contributed by atoms with Gasteiger partial charge >= 0.3 is 0 Å². The summed E-state index contributed by atoms with van der Waals surface area (Å²) < 4.78 is 6.95. The molecule has 0 saturated carbocycles. The van der Waals surface area contributed by atoms with Gasteiger partial charge in [0.15, 0.2) is 5.75 Å². The van der Waals surface area contributed by atoms with E-state index < -0.39 is 0 Å². The maximum atomic E-state index is 12.4. The largest absolute Gasteiger partial charge is 0.493 e. The molecule has 0 atom stereocenters. The molecule has 19 heavy (non-hydrogen) atoms. The van der Waals surface area contributed by atoms with Crippen LogP contribution in [0.3, 0.4) is 0 Å². The fraction of sp³-hybridized carbons (Fsp3) is 0.267. The average Bonchev–Trinajstić information content (AvgIpc) is 2.41. The van der Waals surface area contributed by atoms with Crippen molar-refractivity contribution in [3.63, 3.8) is 0 Å². The van der Waals surface area contributed by atoms with E-state index in [4.69, 9.17) is 4.74 Å². The second-order valence-corrected chi connectivity index (χ2v) is 4.60. The standard InChI is InChI=1S/C15H18N2O2/c1-16(2)14-12(19-4)10-17(3)15(18)13(14)11-8-6-5-7-9-11/h5-10H,1-4H3. The smallest absolute Gasteiger partial charge is 0.260 e. The monoisotopic (exact) mass is 258 g/mol. The van der Waals surface area contributed by atoms with Gasteiger partial charge in [-0.2, -0.15) is 0 Å². The van der Waals surface area contributed by atoms with Gasteiger partial charge < -0.3 is 14.2 Å². The number of ether oxygens (including phenoxy) is 1. The predicted octanol–water partition coefficient (Wildman–Crippen LogP) is 2.13. The first-order chi connectivity index (χ1) is 9.06. The van der Waals surface area contributed by atoms with E-state index in [9.17, 15) is 4.79 Å². The van der Waals surface area contributed by atoms with E-state index in [1.165, 1.54) is 0 Å². The molecule has 0 radical (unpaired) electrons. The van der Waals surface area contributed by atoms with Gasteiger partial charge in [0.05, 0.1) is 24.6 Å². The molecule has 0 unspecified atom stereocenters. The van der Waals surface area contributed by atoms with Gasteiger partial charge in [0.1, 0.15) is 0 Å². The minimum atomic E-state index is -0.0318. The third-order valence-corrected chi connectivity index (χ3v) is 3.04. The molecule has 0 saturated heterocycles. The third kappa shape index (κ3) is 2.34. The van der Waals surface area contributed by atoms with E-state index >= 15 is 0 Å². The highest BCUT2D eigenvalue weighted by atomic mass is 16.5. The minimum absolute atomic E-state index is 0.0318. The first-order valence-electron chi connectivity index (χ1n) is 6.06. The summed E-state index contributed by atoms with van der Waals surface area (Å²) in [4.78, 5) is 14.3. The molecule has 0 amide bonds. The van der Waals surface area contributed by atoms with E-state index in [-0.39, 0.29) is 5.56 Å². The Hall–Kier alpha value is -2.23. The quantitative estimate of drug-likeness (QED) is 0.846. The lowest BCUT2D eigenvalue weighted by Gasteiger charge is -2.21. The fourth-order valence-electron chi connectivity index (χ4n) is 2.15. The zero-order valence-corrected chi connectivity index (χ0v) is 11.7. The van der Waals surface area contributed by atoms with Gasteiger partial charge in [-0.25, -0.2) is 0 Å². The summed E-state index contributed by atoms with van der Waals surface area (Å²) in [6.07, 6.45) is 1.71. The van der Waals surface area contributed by atoms with Gasteiger partial charge in [0.25, 0.3) is 5.56 Å². The number of anilines is 1. The second kappa shape index (κ2) is 5.18. The van der Waals surface area contributed by atoms with Crippen LogP contribution in [0, 0.1) is 0 Å². The number of hydrogen-bond donors (Lipinski definition) is 0. The lowest BCUT2D eigenvalue weighted by atomic mass is 10.0. The van der Waals surface area contributed by atoms with E-state index in [1.54, 1.807) is 24.9 Å². The predicted molar refractivity (Wildman–Crippen MR) is 78.0 cm³/mol. The molecule has 0 N–H and O–H groups in total. The molecular weight excluding hydrogens is 240 g/mol. The van der Waals surface area contributed by atoms with Gasteiger partial charge in [-0.3, -0.25) is 4.79 Å². The Morgan fingerprint density at radius 2 is 1.79 bits per heavy atom. The number of benzene rings is 1. The van der Waals surface area contributed by atoms with Crippen molar-refractivity contribution in [1.29, 1.82) is 0 Å². The van der Waals surface area contributed by atoms with Crippen LogP contribution in [0.5, 0.6) is 5.75 Å². The zero-order chi connectivity index (χ0) is 14.0. The third-order valence-electron chi connectivity index (χ3n) is 3.04. The molecule has 4 nitrogen and oxygen atoms in total. The van der Waals surface area contributed by atoms with Gasteiger partial charge in [-0.1, -0.05) is 30.3 Å². The Bertz CT molecular complexity index is 631. The van der Waals surface area contributed by atoms with Crippen LogP contribution in [0.1, 0.15) is 0 Å². The molecule has 0 aliphatic heterocycles. The van der Waals surface area contributed by atoms with Crippen molar-refractivity contribution in [2.45, 2.75) is 0 Å². The fourth-order valence-corrected chi connectivity index (χ4v) is 2.15. The SMILES string of the molecule is COc1cn(C)c(=O)c(-c2ccccc2)c1N(C)C. The molecular formula is C15H18N2O2. The van der Waals surface area contributed by atoms with Crippen LogP contribution in [0.4, 0.5) is 5.69 Å². The Morgan fingerprint density at radius 1 is 1.16 bits per heavy atom. The second-order valence-electron chi connectivity index (χ2n) is 4.60. The molecule has 4 heteroatoms. The Morgan fingerprint density at radius 3 is 2.32 bits per heavy atom. The normalized spacial score (nSPS) is 10.3. The summed E-state index contributed by atoms with van der Waals surface area (Å²) in [6.45, 7) is 0. The topological polar surface area (TPSA) is 34.5 Å². The number of aromatic nitrogens is 1. The highest BCUT2D eigenvalue weighted by Crippen LogP contribution is 2.34. The Labute approximate surface area is 112 Å². The van der Waals surface area contributed by atoms with Crippen LogP contribution in [-0.4, -0.2) is 25.8 Å². The maximum absolute atomic E-state index is 12.4. The van der Waals surface area contributed by atoms with E-state index in [0.717, 1.165) is 11.3 Å². The van der Waals surface area contributed by atoms with E-state index in [1.807, 2.05) is 49.3 Å². The highest BCUT2D eigenvalue weighted by Gasteiger charge is 2.18. The first-order valence-corrected chi connectivity index (χ1v) is 6.06. The first kappa shape index (κ1) is 13.2. The minimum Gasteiger partial charge on any atom is -0.493 e. The zero-order valence-electron chi connectivity index (χ0n) is 11.7. The van der Waals surface area contributed by atoms with Crippen LogP contribution in [0.2, 0.25) is 0 Å². The molecule has 1 heterocycles. The van der Waals surface area contributed by atoms with Gasteiger partial charge in [0, 0.05) is 21.1 Å². The molecule has 1 aromatic heterocycles. The Kier molecular flexibility index (Phi) is 3.60. The van der Waals surface area contributed by atoms with Crippen molar-refractivity contribution in [2.24, 2.45) is 7.05 Å². The van der Waals surface area contributed by atoms with Crippen molar-refractivity contribution in [3.8, 4) is 16.9 Å². The van der Waals surface area contributed by atoms with Crippen LogP contribution in [0.25, 0.3) is 11.1 Å². The average molecular weight is 258 g/mol.